The van der Waals surface area contributed by atoms with Crippen LogP contribution >= 0.6 is 0 Å². The second-order valence-corrected chi connectivity index (χ2v) is 4.63. The fourth-order valence-electron chi connectivity index (χ4n) is 2.46. The molecule has 0 saturated carbocycles. The molecule has 1 aliphatic rings. The van der Waals surface area contributed by atoms with E-state index in [1.807, 2.05) is 35.2 Å². The summed E-state index contributed by atoms with van der Waals surface area (Å²) in [5, 5.41) is 9.74. The number of likely N-dealkylation sites (tertiary alicyclic amines) is 1. The largest absolute Gasteiger partial charge is 0.468 e. The van der Waals surface area contributed by atoms with Crippen LogP contribution in [-0.2, 0) is 9.53 Å². The van der Waals surface area contributed by atoms with E-state index in [0.717, 1.165) is 24.9 Å². The van der Waals surface area contributed by atoms with Crippen LogP contribution in [0.5, 0.6) is 0 Å². The van der Waals surface area contributed by atoms with Crippen LogP contribution in [0.15, 0.2) is 30.3 Å². The van der Waals surface area contributed by atoms with Gasteiger partial charge in [-0.1, -0.05) is 30.3 Å². The number of esters is 1. The Kier molecular flexibility index (Phi) is 4.33. The Hall–Kier alpha value is -1.39. The molecule has 2 unspecified atom stereocenters. The second kappa shape index (κ2) is 5.98. The van der Waals surface area contributed by atoms with Crippen molar-refractivity contribution in [2.75, 3.05) is 20.2 Å². The first-order valence-corrected chi connectivity index (χ1v) is 6.27. The fourth-order valence-corrected chi connectivity index (χ4v) is 2.46. The zero-order valence-corrected chi connectivity index (χ0v) is 10.6. The molecule has 0 bridgehead atoms. The second-order valence-electron chi connectivity index (χ2n) is 4.63. The molecular formula is C14H19NO3. The molecule has 4 heteroatoms. The Morgan fingerprint density at radius 2 is 2.17 bits per heavy atom. The van der Waals surface area contributed by atoms with Crippen molar-refractivity contribution in [3.63, 3.8) is 0 Å². The number of hydrogen-bond donors (Lipinski definition) is 1. The van der Waals surface area contributed by atoms with Crippen LogP contribution in [0, 0.1) is 0 Å². The van der Waals surface area contributed by atoms with E-state index in [9.17, 15) is 9.90 Å². The van der Waals surface area contributed by atoms with E-state index >= 15 is 0 Å². The van der Waals surface area contributed by atoms with Gasteiger partial charge in [0.25, 0.3) is 0 Å². The highest BCUT2D eigenvalue weighted by molar-refractivity contribution is 5.77. The number of piperidine rings is 1. The van der Waals surface area contributed by atoms with Gasteiger partial charge in [0.15, 0.2) is 0 Å². The monoisotopic (exact) mass is 249 g/mol. The quantitative estimate of drug-likeness (QED) is 0.822. The molecule has 4 nitrogen and oxygen atoms in total. The predicted molar refractivity (Wildman–Crippen MR) is 68.0 cm³/mol. The molecule has 0 aliphatic carbocycles. The third-order valence-corrected chi connectivity index (χ3v) is 3.33. The smallest absolute Gasteiger partial charge is 0.327 e. The zero-order valence-electron chi connectivity index (χ0n) is 10.6. The number of benzene rings is 1. The topological polar surface area (TPSA) is 49.8 Å². The third-order valence-electron chi connectivity index (χ3n) is 3.33. The van der Waals surface area contributed by atoms with Gasteiger partial charge in [0, 0.05) is 6.54 Å². The van der Waals surface area contributed by atoms with Gasteiger partial charge in [0.2, 0.25) is 0 Å². The number of hydrogen-bond acceptors (Lipinski definition) is 4. The van der Waals surface area contributed by atoms with Gasteiger partial charge in [-0.2, -0.15) is 0 Å². The highest BCUT2D eigenvalue weighted by Gasteiger charge is 2.31. The first-order chi connectivity index (χ1) is 8.72. The van der Waals surface area contributed by atoms with E-state index in [0.29, 0.717) is 6.54 Å². The summed E-state index contributed by atoms with van der Waals surface area (Å²) in [5.41, 5.74) is 0.915. The van der Waals surface area contributed by atoms with Crippen LogP contribution < -0.4 is 0 Å². The van der Waals surface area contributed by atoms with Gasteiger partial charge < -0.3 is 9.84 Å². The summed E-state index contributed by atoms with van der Waals surface area (Å²) in [5.74, 6) is -0.268. The first kappa shape index (κ1) is 13.1. The lowest BCUT2D eigenvalue weighted by Gasteiger charge is -2.35. The Morgan fingerprint density at radius 3 is 2.78 bits per heavy atom. The molecule has 1 aromatic rings. The van der Waals surface area contributed by atoms with Crippen LogP contribution in [-0.4, -0.2) is 42.3 Å². The van der Waals surface area contributed by atoms with Crippen molar-refractivity contribution in [3.8, 4) is 0 Å². The fraction of sp³-hybridized carbons (Fsp3) is 0.500. The summed E-state index contributed by atoms with van der Waals surface area (Å²) in [6, 6.07) is 9.16. The van der Waals surface area contributed by atoms with E-state index in [1.165, 1.54) is 7.11 Å². The minimum atomic E-state index is -0.411. The lowest BCUT2D eigenvalue weighted by molar-refractivity contribution is -0.148. The number of carbonyl (C=O) groups is 1. The molecule has 2 atom stereocenters. The van der Waals surface area contributed by atoms with Crippen LogP contribution in [0.2, 0.25) is 0 Å². The SMILES string of the molecule is COC(=O)C(c1ccccc1)N1CCCC(O)C1. The summed E-state index contributed by atoms with van der Waals surface area (Å²) in [6.07, 6.45) is 1.36. The Balaban J connectivity index is 2.22. The molecule has 18 heavy (non-hydrogen) atoms. The van der Waals surface area contributed by atoms with E-state index in [2.05, 4.69) is 0 Å². The van der Waals surface area contributed by atoms with Crippen LogP contribution in [0.25, 0.3) is 0 Å². The van der Waals surface area contributed by atoms with Gasteiger partial charge in [0.05, 0.1) is 13.2 Å². The van der Waals surface area contributed by atoms with Crippen molar-refractivity contribution >= 4 is 5.97 Å². The third kappa shape index (κ3) is 2.89. The van der Waals surface area contributed by atoms with Gasteiger partial charge in [-0.05, 0) is 24.9 Å². The Bertz CT molecular complexity index is 393. The molecule has 0 amide bonds. The number of methoxy groups -OCH3 is 1. The van der Waals surface area contributed by atoms with Gasteiger partial charge in [-0.3, -0.25) is 4.90 Å². The number of rotatable bonds is 3. The van der Waals surface area contributed by atoms with Crippen LogP contribution in [0.1, 0.15) is 24.4 Å². The summed E-state index contributed by atoms with van der Waals surface area (Å²) >= 11 is 0. The van der Waals surface area contributed by atoms with Gasteiger partial charge in [0.1, 0.15) is 6.04 Å². The minimum Gasteiger partial charge on any atom is -0.468 e. The lowest BCUT2D eigenvalue weighted by Crippen LogP contribution is -2.43. The summed E-state index contributed by atoms with van der Waals surface area (Å²) < 4.78 is 4.89. The molecule has 1 N–H and O–H groups in total. The van der Waals surface area contributed by atoms with Crippen LogP contribution in [0.4, 0.5) is 0 Å². The molecule has 1 aliphatic heterocycles. The highest BCUT2D eigenvalue weighted by atomic mass is 16.5. The van der Waals surface area contributed by atoms with Crippen molar-refractivity contribution in [1.82, 2.24) is 4.90 Å². The van der Waals surface area contributed by atoms with Gasteiger partial charge in [-0.15, -0.1) is 0 Å². The lowest BCUT2D eigenvalue weighted by atomic mass is 10.0. The molecule has 0 spiro atoms. The molecule has 0 aromatic heterocycles. The van der Waals surface area contributed by atoms with Crippen molar-refractivity contribution in [3.05, 3.63) is 35.9 Å². The molecule has 2 rings (SSSR count). The number of aliphatic hydroxyl groups is 1. The van der Waals surface area contributed by atoms with Crippen LogP contribution in [0.3, 0.4) is 0 Å². The standard InChI is InChI=1S/C14H19NO3/c1-18-14(17)13(11-6-3-2-4-7-11)15-9-5-8-12(16)10-15/h2-4,6-7,12-13,16H,5,8-10H2,1H3. The number of β-amino-alcohol motifs (C(OH)–C–C–N with tert-alkyl or cyclic N) is 1. The minimum absolute atomic E-state index is 0.268. The molecule has 0 radical (unpaired) electrons. The number of aliphatic hydroxyl groups excluding tert-OH is 1. The van der Waals surface area contributed by atoms with Gasteiger partial charge in [-0.25, -0.2) is 4.79 Å². The van der Waals surface area contributed by atoms with Crippen molar-refractivity contribution in [1.29, 1.82) is 0 Å². The Labute approximate surface area is 107 Å². The highest BCUT2D eigenvalue weighted by Crippen LogP contribution is 2.25. The maximum atomic E-state index is 12.0. The maximum Gasteiger partial charge on any atom is 0.327 e. The van der Waals surface area contributed by atoms with E-state index < -0.39 is 6.04 Å². The molecule has 1 aromatic carbocycles. The summed E-state index contributed by atoms with van der Waals surface area (Å²) in [7, 11) is 1.40. The number of nitrogens with zero attached hydrogens (tertiary/aromatic N) is 1. The molecule has 1 fully saturated rings. The normalized spacial score (nSPS) is 22.4. The predicted octanol–water partition coefficient (Wildman–Crippen LogP) is 1.36. The molecule has 98 valence electrons. The maximum absolute atomic E-state index is 12.0. The summed E-state index contributed by atoms with van der Waals surface area (Å²) in [6.45, 7) is 1.33. The number of ether oxygens (including phenoxy) is 1. The molecular weight excluding hydrogens is 230 g/mol. The number of carbonyl (C=O) groups excluding carboxylic acids is 1. The van der Waals surface area contributed by atoms with Crippen molar-refractivity contribution < 1.29 is 14.6 Å². The Morgan fingerprint density at radius 1 is 1.44 bits per heavy atom. The van der Waals surface area contributed by atoms with Crippen molar-refractivity contribution in [2.45, 2.75) is 25.0 Å². The zero-order chi connectivity index (χ0) is 13.0. The molecule has 1 saturated heterocycles. The average molecular weight is 249 g/mol. The summed E-state index contributed by atoms with van der Waals surface area (Å²) in [4.78, 5) is 14.0. The molecule has 1 heterocycles. The van der Waals surface area contributed by atoms with Crippen molar-refractivity contribution in [2.24, 2.45) is 0 Å². The van der Waals surface area contributed by atoms with E-state index in [-0.39, 0.29) is 12.1 Å². The van der Waals surface area contributed by atoms with E-state index in [4.69, 9.17) is 4.74 Å². The average Bonchev–Trinajstić information content (AvgIpc) is 2.40. The van der Waals surface area contributed by atoms with E-state index in [1.54, 1.807) is 0 Å². The first-order valence-electron chi connectivity index (χ1n) is 6.27. The van der Waals surface area contributed by atoms with Gasteiger partial charge >= 0.3 is 5.97 Å².